The van der Waals surface area contributed by atoms with Gasteiger partial charge in [-0.2, -0.15) is 0 Å². The summed E-state index contributed by atoms with van der Waals surface area (Å²) in [6, 6.07) is 0. The van der Waals surface area contributed by atoms with Gasteiger partial charge >= 0.3 is 55.8 Å². The SMILES string of the molecule is CCO[Si](OCC)(OCC)OCC.O[Si](O)(O)O.[CaH2]. The van der Waals surface area contributed by atoms with Crippen molar-refractivity contribution in [3.63, 3.8) is 0 Å². The van der Waals surface area contributed by atoms with Gasteiger partial charge in [0.15, 0.2) is 0 Å². The Morgan fingerprint density at radius 2 is 0.789 bits per heavy atom. The molecule has 116 valence electrons. The molecule has 0 unspecified atom stereocenters. The van der Waals surface area contributed by atoms with Crippen LogP contribution in [0, 0.1) is 0 Å². The van der Waals surface area contributed by atoms with E-state index in [2.05, 4.69) is 0 Å². The van der Waals surface area contributed by atoms with Crippen LogP contribution in [0.4, 0.5) is 0 Å². The normalized spacial score (nSPS) is 11.4. The standard InChI is InChI=1S/C8H20O4Si.Ca.H4O4Si.2H/c1-5-9-13(10-6-2,11-7-3)12-8-4;;1-5(2,3)4;;/h5-8H2,1-4H3;;1-4H;;. The van der Waals surface area contributed by atoms with Gasteiger partial charge in [-0.15, -0.1) is 0 Å². The molecule has 0 amide bonds. The second-order valence-corrected chi connectivity index (χ2v) is 6.19. The van der Waals surface area contributed by atoms with Gasteiger partial charge in [-0.1, -0.05) is 0 Å². The van der Waals surface area contributed by atoms with E-state index in [0.29, 0.717) is 26.4 Å². The van der Waals surface area contributed by atoms with Gasteiger partial charge in [0.2, 0.25) is 0 Å². The molecule has 0 aliphatic heterocycles. The zero-order valence-electron chi connectivity index (χ0n) is 11.3. The summed E-state index contributed by atoms with van der Waals surface area (Å²) in [4.78, 5) is 29.3. The Morgan fingerprint density at radius 3 is 0.895 bits per heavy atom. The summed E-state index contributed by atoms with van der Waals surface area (Å²) in [5, 5.41) is 0. The molecule has 0 aliphatic carbocycles. The Bertz CT molecular complexity index is 157. The molecule has 0 aromatic heterocycles. The van der Waals surface area contributed by atoms with Crippen LogP contribution in [0.3, 0.4) is 0 Å². The van der Waals surface area contributed by atoms with Crippen molar-refractivity contribution in [2.24, 2.45) is 0 Å². The maximum atomic E-state index is 7.33. The molecule has 0 saturated carbocycles. The van der Waals surface area contributed by atoms with E-state index in [9.17, 15) is 0 Å². The average Bonchev–Trinajstić information content (AvgIpc) is 2.16. The molecule has 0 radical (unpaired) electrons. The van der Waals surface area contributed by atoms with Crippen LogP contribution >= 0.6 is 0 Å². The first-order valence-electron chi connectivity index (χ1n) is 5.69. The predicted octanol–water partition coefficient (Wildman–Crippen LogP) is -1.96. The topological polar surface area (TPSA) is 118 Å². The van der Waals surface area contributed by atoms with E-state index in [1.54, 1.807) is 0 Å². The first-order valence-corrected chi connectivity index (χ1v) is 9.12. The van der Waals surface area contributed by atoms with Crippen LogP contribution in [0.15, 0.2) is 0 Å². The van der Waals surface area contributed by atoms with Crippen molar-refractivity contribution in [2.45, 2.75) is 27.7 Å². The molecule has 19 heavy (non-hydrogen) atoms. The molecule has 0 aromatic rings. The Labute approximate surface area is 146 Å². The van der Waals surface area contributed by atoms with Gasteiger partial charge in [0.25, 0.3) is 0 Å². The van der Waals surface area contributed by atoms with E-state index in [1.165, 1.54) is 0 Å². The molecule has 0 bridgehead atoms. The van der Waals surface area contributed by atoms with E-state index >= 15 is 0 Å². The van der Waals surface area contributed by atoms with Crippen molar-refractivity contribution < 1.29 is 36.9 Å². The van der Waals surface area contributed by atoms with Gasteiger partial charge in [0.1, 0.15) is 0 Å². The fraction of sp³-hybridized carbons (Fsp3) is 1.00. The third kappa shape index (κ3) is 19.4. The zero-order chi connectivity index (χ0) is 14.7. The second kappa shape index (κ2) is 14.3. The molecule has 0 fully saturated rings. The van der Waals surface area contributed by atoms with Crippen molar-refractivity contribution in [1.29, 1.82) is 0 Å². The predicted molar refractivity (Wildman–Crippen MR) is 75.4 cm³/mol. The van der Waals surface area contributed by atoms with Crippen molar-refractivity contribution in [3.05, 3.63) is 0 Å². The number of hydrogen-bond acceptors (Lipinski definition) is 8. The van der Waals surface area contributed by atoms with Crippen LogP contribution in [-0.4, -0.2) is 101 Å². The maximum absolute atomic E-state index is 7.33. The first-order chi connectivity index (χ1) is 8.24. The van der Waals surface area contributed by atoms with E-state index in [4.69, 9.17) is 36.9 Å². The Kier molecular flexibility index (Phi) is 19.1. The van der Waals surface area contributed by atoms with Gasteiger partial charge in [0, 0.05) is 26.4 Å². The number of hydrogen-bond donors (Lipinski definition) is 4. The fourth-order valence-corrected chi connectivity index (χ4v) is 2.87. The molecule has 0 saturated heterocycles. The molecule has 11 heteroatoms. The minimum absolute atomic E-state index is 0. The second-order valence-electron chi connectivity index (χ2n) is 2.83. The summed E-state index contributed by atoms with van der Waals surface area (Å²) in [6.07, 6.45) is 0. The Morgan fingerprint density at radius 1 is 0.632 bits per heavy atom. The first kappa shape index (κ1) is 25.3. The summed E-state index contributed by atoms with van der Waals surface area (Å²) in [5.74, 6) is 0. The summed E-state index contributed by atoms with van der Waals surface area (Å²) in [6.45, 7) is 9.80. The summed E-state index contributed by atoms with van der Waals surface area (Å²) < 4.78 is 21.7. The number of rotatable bonds is 8. The monoisotopic (exact) mass is 346 g/mol. The van der Waals surface area contributed by atoms with Crippen LogP contribution in [-0.2, 0) is 17.7 Å². The molecule has 0 rings (SSSR count). The summed E-state index contributed by atoms with van der Waals surface area (Å²) >= 11 is 0. The van der Waals surface area contributed by atoms with Crippen molar-refractivity contribution in [3.8, 4) is 0 Å². The van der Waals surface area contributed by atoms with Crippen molar-refractivity contribution in [2.75, 3.05) is 26.4 Å². The van der Waals surface area contributed by atoms with Gasteiger partial charge in [-0.3, -0.25) is 0 Å². The van der Waals surface area contributed by atoms with Gasteiger partial charge < -0.3 is 36.9 Å². The van der Waals surface area contributed by atoms with Crippen LogP contribution < -0.4 is 0 Å². The van der Waals surface area contributed by atoms with E-state index in [0.717, 1.165) is 0 Å². The molecular formula is C8H26CaO8Si2. The van der Waals surface area contributed by atoms with Crippen LogP contribution in [0.1, 0.15) is 27.7 Å². The molecule has 8 nitrogen and oxygen atoms in total. The fourth-order valence-electron chi connectivity index (χ4n) is 0.957. The van der Waals surface area contributed by atoms with Crippen LogP contribution in [0.2, 0.25) is 0 Å². The van der Waals surface area contributed by atoms with Gasteiger partial charge in [0.05, 0.1) is 0 Å². The third-order valence-electron chi connectivity index (χ3n) is 1.28. The minimum atomic E-state index is -4.61. The molecule has 0 aromatic carbocycles. The molecule has 0 atom stereocenters. The van der Waals surface area contributed by atoms with E-state index in [1.807, 2.05) is 27.7 Å². The molecule has 0 aliphatic rings. The molecular weight excluding hydrogens is 320 g/mol. The quantitative estimate of drug-likeness (QED) is 0.374. The Hall–Kier alpha value is 1.37. The molecule has 0 heterocycles. The summed E-state index contributed by atoms with van der Waals surface area (Å²) in [7, 11) is -7.41. The zero-order valence-corrected chi connectivity index (χ0v) is 13.3. The molecule has 4 N–H and O–H groups in total. The van der Waals surface area contributed by atoms with Gasteiger partial charge in [-0.25, -0.2) is 0 Å². The Balaban J connectivity index is -0.000000366. The summed E-state index contributed by atoms with van der Waals surface area (Å²) in [5.41, 5.74) is 0. The van der Waals surface area contributed by atoms with Crippen molar-refractivity contribution in [1.82, 2.24) is 0 Å². The van der Waals surface area contributed by atoms with E-state index < -0.39 is 18.1 Å². The van der Waals surface area contributed by atoms with Crippen LogP contribution in [0.5, 0.6) is 0 Å². The average molecular weight is 347 g/mol. The molecule has 0 spiro atoms. The van der Waals surface area contributed by atoms with Crippen molar-refractivity contribution >= 4 is 55.8 Å². The van der Waals surface area contributed by atoms with Crippen LogP contribution in [0.25, 0.3) is 0 Å². The third-order valence-corrected chi connectivity index (χ3v) is 3.85. The van der Waals surface area contributed by atoms with Gasteiger partial charge in [-0.05, 0) is 27.7 Å². The van der Waals surface area contributed by atoms with E-state index in [-0.39, 0.29) is 37.7 Å².